The number of hydrogen-bond acceptors (Lipinski definition) is 6. The van der Waals surface area contributed by atoms with Crippen molar-refractivity contribution < 1.29 is 33.4 Å². The first kappa shape index (κ1) is 23.1. The van der Waals surface area contributed by atoms with Crippen molar-refractivity contribution >= 4 is 64.4 Å². The van der Waals surface area contributed by atoms with E-state index >= 15 is 0 Å². The van der Waals surface area contributed by atoms with Gasteiger partial charge in [0, 0.05) is 0 Å². The van der Waals surface area contributed by atoms with Crippen LogP contribution in [0.1, 0.15) is 0 Å². The molecule has 12 heavy (non-hydrogen) atoms. The summed E-state index contributed by atoms with van der Waals surface area (Å²) in [4.78, 5) is 0. The standard InChI is InChI=1S/2Al.Mg.H2O4S.4O/c;;;1-5(2,3)4;;;;/h;;;(H2,1,2,3,4);;;;/q;;+2;;;;2*-1. The summed E-state index contributed by atoms with van der Waals surface area (Å²) < 4.78 is 65.4. The van der Waals surface area contributed by atoms with E-state index < -0.39 is 41.4 Å². The van der Waals surface area contributed by atoms with Gasteiger partial charge >= 0.3 is 80.3 Å². The van der Waals surface area contributed by atoms with Crippen LogP contribution in [0.15, 0.2) is 0 Å². The van der Waals surface area contributed by atoms with Crippen LogP contribution in [-0.2, 0) is 18.0 Å². The van der Waals surface area contributed by atoms with Crippen LogP contribution >= 0.6 is 0 Å². The fourth-order valence-electron chi connectivity index (χ4n) is 0. The van der Waals surface area contributed by atoms with Gasteiger partial charge in [-0.1, -0.05) is 0 Å². The molecule has 64 valence electrons. The van der Waals surface area contributed by atoms with Crippen molar-refractivity contribution in [3.8, 4) is 0 Å². The molecule has 0 fully saturated rings. The van der Waals surface area contributed by atoms with Crippen molar-refractivity contribution in [2.45, 2.75) is 0 Å². The van der Waals surface area contributed by atoms with Gasteiger partial charge in [0.2, 0.25) is 0 Å². The zero-order chi connectivity index (χ0) is 9.91. The van der Waals surface area contributed by atoms with Crippen molar-refractivity contribution in [1.82, 2.24) is 0 Å². The zero-order valence-electron chi connectivity index (χ0n) is 5.61. The second kappa shape index (κ2) is 17.9. The van der Waals surface area contributed by atoms with Gasteiger partial charge in [0.25, 0.3) is 0 Å². The molecule has 0 rings (SSSR count). The molecule has 0 aliphatic carbocycles. The minimum atomic E-state index is -4.67. The maximum absolute atomic E-state index is 8.74. The molecular weight excluding hydrogens is 238 g/mol. The predicted octanol–water partition coefficient (Wildman–Crippen LogP) is -4.41. The Balaban J connectivity index is -0.0000000406. The Labute approximate surface area is 97.2 Å². The Morgan fingerprint density at radius 2 is 1.00 bits per heavy atom. The Morgan fingerprint density at radius 3 is 1.00 bits per heavy atom. The molecule has 0 aliphatic rings. The third kappa shape index (κ3) is 1320. The van der Waals surface area contributed by atoms with E-state index in [-0.39, 0.29) is 23.1 Å². The van der Waals surface area contributed by atoms with Crippen molar-refractivity contribution in [2.75, 3.05) is 0 Å². The molecular formula is H2Al2MgO8S. The molecule has 0 aliphatic heterocycles. The van der Waals surface area contributed by atoms with Crippen LogP contribution in [0.4, 0.5) is 0 Å². The summed E-state index contributed by atoms with van der Waals surface area (Å²) >= 11 is -3.50. The van der Waals surface area contributed by atoms with Gasteiger partial charge in [-0.15, -0.1) is 0 Å². The predicted molar refractivity (Wildman–Crippen MR) is 32.8 cm³/mol. The summed E-state index contributed by atoms with van der Waals surface area (Å²) in [7, 11) is -4.67. The summed E-state index contributed by atoms with van der Waals surface area (Å²) in [5, 5.41) is 0. The molecule has 8 nitrogen and oxygen atoms in total. The van der Waals surface area contributed by atoms with Crippen LogP contribution in [0.2, 0.25) is 0 Å². The Morgan fingerprint density at radius 1 is 1.00 bits per heavy atom. The normalized spacial score (nSPS) is 6.17. The summed E-state index contributed by atoms with van der Waals surface area (Å²) in [6.45, 7) is 0. The zero-order valence-corrected chi connectivity index (χ0v) is 10.2. The van der Waals surface area contributed by atoms with Gasteiger partial charge in [-0.25, -0.2) is 0 Å². The van der Waals surface area contributed by atoms with E-state index in [4.69, 9.17) is 33.4 Å². The van der Waals surface area contributed by atoms with Crippen molar-refractivity contribution in [3.63, 3.8) is 0 Å². The molecule has 12 heteroatoms. The average molecular weight is 240 g/mol. The molecule has 0 bridgehead atoms. The molecule has 0 spiro atoms. The Bertz CT molecular complexity index is 157. The maximum atomic E-state index is 8.74. The van der Waals surface area contributed by atoms with Gasteiger partial charge in [-0.3, -0.25) is 9.11 Å². The Kier molecular flexibility index (Phi) is 34.3. The monoisotopic (exact) mass is 240 g/mol. The number of rotatable bonds is 0. The summed E-state index contributed by atoms with van der Waals surface area (Å²) in [5.74, 6) is 0. The van der Waals surface area contributed by atoms with Gasteiger partial charge in [-0.2, -0.15) is 8.42 Å². The van der Waals surface area contributed by atoms with Crippen LogP contribution in [-0.4, -0.2) is 71.6 Å². The van der Waals surface area contributed by atoms with Crippen LogP contribution in [0, 0.1) is 0 Å². The van der Waals surface area contributed by atoms with E-state index in [0.29, 0.717) is 0 Å². The van der Waals surface area contributed by atoms with Crippen molar-refractivity contribution in [2.24, 2.45) is 0 Å². The van der Waals surface area contributed by atoms with E-state index in [2.05, 4.69) is 0 Å². The van der Waals surface area contributed by atoms with E-state index in [9.17, 15) is 0 Å². The molecule has 0 amide bonds. The molecule has 0 saturated carbocycles. The second-order valence-electron chi connectivity index (χ2n) is 0.640. The minimum absolute atomic E-state index is 0. The fourth-order valence-corrected chi connectivity index (χ4v) is 0. The third-order valence-electron chi connectivity index (χ3n) is 0. The van der Waals surface area contributed by atoms with Crippen molar-refractivity contribution in [3.05, 3.63) is 0 Å². The third-order valence-corrected chi connectivity index (χ3v) is 0. The molecule has 0 unspecified atom stereocenters. The second-order valence-corrected chi connectivity index (χ2v) is 1.92. The Hall–Kier alpha value is 0.901. The van der Waals surface area contributed by atoms with E-state index in [1.807, 2.05) is 0 Å². The molecule has 0 radical (unpaired) electrons. The SMILES string of the molecule is O=S(=O)(O)O.[Mg+2].[O]=[Al][O-].[O]=[Al][O-]. The van der Waals surface area contributed by atoms with Crippen molar-refractivity contribution in [1.29, 1.82) is 0 Å². The van der Waals surface area contributed by atoms with Gasteiger partial charge < -0.3 is 0 Å². The topological polar surface area (TPSA) is 155 Å². The first-order valence-corrected chi connectivity index (χ1v) is 4.92. The van der Waals surface area contributed by atoms with Gasteiger partial charge in [0.15, 0.2) is 0 Å². The quantitative estimate of drug-likeness (QED) is 0.317. The van der Waals surface area contributed by atoms with E-state index in [1.54, 1.807) is 0 Å². The summed E-state index contributed by atoms with van der Waals surface area (Å²) in [6.07, 6.45) is 0. The first-order valence-electron chi connectivity index (χ1n) is 1.64. The fraction of sp³-hybridized carbons (Fsp3) is 0. The van der Waals surface area contributed by atoms with Gasteiger partial charge in [0.1, 0.15) is 0 Å². The molecule has 0 saturated heterocycles. The van der Waals surface area contributed by atoms with Crippen LogP contribution in [0.5, 0.6) is 0 Å². The van der Waals surface area contributed by atoms with E-state index in [1.165, 1.54) is 0 Å². The van der Waals surface area contributed by atoms with Gasteiger partial charge in [-0.05, 0) is 0 Å². The summed E-state index contributed by atoms with van der Waals surface area (Å²) in [5.41, 5.74) is 0. The van der Waals surface area contributed by atoms with Crippen LogP contribution < -0.4 is 8.32 Å². The first-order chi connectivity index (χ1) is 4.83. The van der Waals surface area contributed by atoms with E-state index in [0.717, 1.165) is 0 Å². The summed E-state index contributed by atoms with van der Waals surface area (Å²) in [6, 6.07) is 0. The number of hydrogen-bond donors (Lipinski definition) is 2. The van der Waals surface area contributed by atoms with Gasteiger partial charge in [0.05, 0.1) is 0 Å². The molecule has 0 heterocycles. The van der Waals surface area contributed by atoms with Crippen LogP contribution in [0.3, 0.4) is 0 Å². The van der Waals surface area contributed by atoms with Crippen LogP contribution in [0.25, 0.3) is 0 Å². The molecule has 0 aromatic rings. The molecule has 0 atom stereocenters. The molecule has 0 aromatic heterocycles. The average Bonchev–Trinajstić information content (AvgIpc) is 1.62. The molecule has 0 aromatic carbocycles. The molecule has 2 N–H and O–H groups in total.